The van der Waals surface area contributed by atoms with Crippen LogP contribution in [0.2, 0.25) is 0 Å². The Hall–Kier alpha value is -2.64. The maximum absolute atomic E-state index is 12.0. The quantitative estimate of drug-likeness (QED) is 0.670. The van der Waals surface area contributed by atoms with Crippen molar-refractivity contribution in [3.63, 3.8) is 0 Å². The van der Waals surface area contributed by atoms with Crippen molar-refractivity contribution < 1.29 is 29.4 Å². The molecule has 0 saturated heterocycles. The molecular weight excluding hydrogens is 280 g/mol. The number of rotatable bonds is 6. The Labute approximate surface area is 121 Å². The number of alkyl carbamates (subject to hydrolysis) is 1. The number of amides is 1. The van der Waals surface area contributed by atoms with Crippen LogP contribution in [0.15, 0.2) is 24.8 Å². The second kappa shape index (κ2) is 7.22. The van der Waals surface area contributed by atoms with Crippen molar-refractivity contribution in [3.8, 4) is 11.8 Å². The van der Waals surface area contributed by atoms with E-state index in [-0.39, 0.29) is 12.5 Å². The summed E-state index contributed by atoms with van der Waals surface area (Å²) in [7, 11) is 0. The summed E-state index contributed by atoms with van der Waals surface area (Å²) in [6.45, 7) is 6.78. The van der Waals surface area contributed by atoms with Crippen LogP contribution in [-0.4, -0.2) is 39.7 Å². The van der Waals surface area contributed by atoms with Crippen LogP contribution in [0.25, 0.3) is 0 Å². The van der Waals surface area contributed by atoms with Crippen LogP contribution >= 0.6 is 0 Å². The van der Waals surface area contributed by atoms with E-state index in [1.165, 1.54) is 6.08 Å². The maximum Gasteiger partial charge on any atom is 0.408 e. The first-order valence-corrected chi connectivity index (χ1v) is 6.22. The average Bonchev–Trinajstić information content (AvgIpc) is 2.73. The fourth-order valence-corrected chi connectivity index (χ4v) is 1.44. The molecule has 0 aliphatic heterocycles. The van der Waals surface area contributed by atoms with Crippen LogP contribution in [0, 0.1) is 5.92 Å². The zero-order valence-electron chi connectivity index (χ0n) is 11.8. The van der Waals surface area contributed by atoms with E-state index in [1.54, 1.807) is 13.8 Å². The molecule has 3 N–H and O–H groups in total. The lowest BCUT2D eigenvalue weighted by Crippen LogP contribution is -2.48. The number of carbonyl (C=O) groups is 2. The topological polar surface area (TPSA) is 110 Å². The van der Waals surface area contributed by atoms with Crippen molar-refractivity contribution in [1.29, 1.82) is 0 Å². The van der Waals surface area contributed by atoms with E-state index in [1.807, 2.05) is 0 Å². The molecule has 0 aliphatic rings. The van der Waals surface area contributed by atoms with Gasteiger partial charge in [0.15, 0.2) is 0 Å². The van der Waals surface area contributed by atoms with E-state index in [0.29, 0.717) is 4.73 Å². The van der Waals surface area contributed by atoms with E-state index < -0.39 is 29.9 Å². The number of carbonyl (C=O) groups excluding carboxylic acids is 2. The lowest BCUT2D eigenvalue weighted by Gasteiger charge is -2.20. The van der Waals surface area contributed by atoms with Crippen molar-refractivity contribution in [1.82, 2.24) is 10.0 Å². The predicted molar refractivity (Wildman–Crippen MR) is 72.7 cm³/mol. The minimum absolute atomic E-state index is 0.00483. The molecule has 8 nitrogen and oxygen atoms in total. The van der Waals surface area contributed by atoms with Crippen LogP contribution in [0.5, 0.6) is 11.8 Å². The molecule has 1 aromatic heterocycles. The average molecular weight is 298 g/mol. The molecule has 1 rings (SSSR count). The summed E-state index contributed by atoms with van der Waals surface area (Å²) in [6.07, 6.45) is 0.588. The van der Waals surface area contributed by atoms with Gasteiger partial charge in [0.2, 0.25) is 11.8 Å². The Kier molecular flexibility index (Phi) is 5.65. The molecule has 0 fully saturated rings. The highest BCUT2D eigenvalue weighted by atomic mass is 16.7. The summed E-state index contributed by atoms with van der Waals surface area (Å²) in [5.41, 5.74) is 0. The highest BCUT2D eigenvalue weighted by Gasteiger charge is 2.28. The van der Waals surface area contributed by atoms with Gasteiger partial charge in [-0.3, -0.25) is 0 Å². The largest absolute Gasteiger partial charge is 0.492 e. The molecule has 0 aromatic carbocycles. The van der Waals surface area contributed by atoms with Crippen LogP contribution in [0.1, 0.15) is 13.8 Å². The van der Waals surface area contributed by atoms with E-state index >= 15 is 0 Å². The summed E-state index contributed by atoms with van der Waals surface area (Å²) < 4.78 is 5.27. The third kappa shape index (κ3) is 4.44. The van der Waals surface area contributed by atoms with Crippen molar-refractivity contribution in [2.45, 2.75) is 19.9 Å². The summed E-state index contributed by atoms with van der Waals surface area (Å²) in [6, 6.07) is 1.29. The minimum atomic E-state index is -1.01. The number of nitrogens with one attached hydrogen (secondary N) is 1. The number of nitrogens with zero attached hydrogens (tertiary/aromatic N) is 1. The predicted octanol–water partition coefficient (Wildman–Crippen LogP) is 0.791. The van der Waals surface area contributed by atoms with E-state index in [4.69, 9.17) is 9.57 Å². The number of aromatic hydroxyl groups is 2. The van der Waals surface area contributed by atoms with Gasteiger partial charge >= 0.3 is 12.1 Å². The van der Waals surface area contributed by atoms with Crippen LogP contribution < -0.4 is 10.2 Å². The zero-order valence-corrected chi connectivity index (χ0v) is 11.8. The molecule has 1 unspecified atom stereocenters. The molecule has 0 radical (unpaired) electrons. The lowest BCUT2D eigenvalue weighted by molar-refractivity contribution is -0.149. The molecule has 1 heterocycles. The lowest BCUT2D eigenvalue weighted by atomic mass is 10.1. The Bertz CT molecular complexity index is 503. The Morgan fingerprint density at radius 2 is 1.95 bits per heavy atom. The first-order chi connectivity index (χ1) is 9.86. The third-order valence-corrected chi connectivity index (χ3v) is 2.51. The van der Waals surface area contributed by atoms with Gasteiger partial charge in [-0.15, -0.1) is 4.73 Å². The van der Waals surface area contributed by atoms with Gasteiger partial charge in [0.25, 0.3) is 0 Å². The van der Waals surface area contributed by atoms with Gasteiger partial charge in [-0.1, -0.05) is 26.5 Å². The first kappa shape index (κ1) is 16.4. The fourth-order valence-electron chi connectivity index (χ4n) is 1.44. The van der Waals surface area contributed by atoms with Crippen LogP contribution in [-0.2, 0) is 9.53 Å². The molecule has 116 valence electrons. The number of ether oxygens (including phenoxy) is 1. The molecular formula is C13H18N2O6. The second-order valence-corrected chi connectivity index (χ2v) is 4.51. The first-order valence-electron chi connectivity index (χ1n) is 6.22. The van der Waals surface area contributed by atoms with Crippen LogP contribution in [0.3, 0.4) is 0 Å². The van der Waals surface area contributed by atoms with Gasteiger partial charge in [-0.2, -0.15) is 0 Å². The number of hydrogen-bond donors (Lipinski definition) is 3. The normalized spacial score (nSPS) is 11.8. The molecule has 0 saturated carbocycles. The minimum Gasteiger partial charge on any atom is -0.492 e. The second-order valence-electron chi connectivity index (χ2n) is 4.51. The van der Waals surface area contributed by atoms with E-state index in [0.717, 1.165) is 12.1 Å². The van der Waals surface area contributed by atoms with E-state index in [2.05, 4.69) is 11.9 Å². The Morgan fingerprint density at radius 1 is 1.38 bits per heavy atom. The van der Waals surface area contributed by atoms with Crippen LogP contribution in [0.4, 0.5) is 4.79 Å². The molecule has 8 heteroatoms. The fraction of sp³-hybridized carbons (Fsp3) is 0.385. The zero-order chi connectivity index (χ0) is 16.0. The number of aromatic nitrogens is 1. The molecule has 0 aliphatic carbocycles. The summed E-state index contributed by atoms with van der Waals surface area (Å²) >= 11 is 0. The molecule has 21 heavy (non-hydrogen) atoms. The Morgan fingerprint density at radius 3 is 2.43 bits per heavy atom. The van der Waals surface area contributed by atoms with Gasteiger partial charge in [0.05, 0.1) is 0 Å². The smallest absolute Gasteiger partial charge is 0.408 e. The van der Waals surface area contributed by atoms with Crippen molar-refractivity contribution in [2.75, 3.05) is 6.61 Å². The van der Waals surface area contributed by atoms with Crippen molar-refractivity contribution >= 4 is 12.1 Å². The summed E-state index contributed by atoms with van der Waals surface area (Å²) in [5, 5.41) is 21.1. The van der Waals surface area contributed by atoms with E-state index in [9.17, 15) is 19.8 Å². The van der Waals surface area contributed by atoms with Crippen molar-refractivity contribution in [3.05, 3.63) is 24.8 Å². The molecule has 1 aromatic rings. The third-order valence-electron chi connectivity index (χ3n) is 2.51. The highest BCUT2D eigenvalue weighted by Crippen LogP contribution is 2.19. The summed E-state index contributed by atoms with van der Waals surface area (Å²) in [4.78, 5) is 28.3. The SMILES string of the molecule is C=CCOC(=O)NC(C(=O)On1c(O)ccc1O)C(C)C. The van der Waals surface area contributed by atoms with Crippen molar-refractivity contribution in [2.24, 2.45) is 5.92 Å². The summed E-state index contributed by atoms with van der Waals surface area (Å²) in [5.74, 6) is -2.05. The highest BCUT2D eigenvalue weighted by molar-refractivity contribution is 5.81. The van der Waals surface area contributed by atoms with Gasteiger partial charge in [-0.05, 0) is 5.92 Å². The molecule has 1 atom stereocenters. The van der Waals surface area contributed by atoms with Gasteiger partial charge < -0.3 is 25.1 Å². The Balaban J connectivity index is 2.74. The van der Waals surface area contributed by atoms with Gasteiger partial charge in [0, 0.05) is 12.1 Å². The molecule has 1 amide bonds. The molecule has 0 spiro atoms. The monoisotopic (exact) mass is 298 g/mol. The number of hydrogen-bond acceptors (Lipinski definition) is 6. The molecule has 0 bridgehead atoms. The van der Waals surface area contributed by atoms with Gasteiger partial charge in [-0.25, -0.2) is 9.59 Å². The van der Waals surface area contributed by atoms with Gasteiger partial charge in [0.1, 0.15) is 12.6 Å². The maximum atomic E-state index is 12.0. The standard InChI is InChI=1S/C13H18N2O6/c1-4-7-20-13(19)14-11(8(2)3)12(18)21-15-9(16)5-6-10(15)17/h4-6,8,11,16-17H,1,7H2,2-3H3,(H,14,19).